The molecule has 744 valence electrons. The number of anilines is 2. The second-order valence-electron chi connectivity index (χ2n) is 34.7. The highest BCUT2D eigenvalue weighted by atomic mass is 127. The molecule has 0 aromatic heterocycles. The van der Waals surface area contributed by atoms with Crippen molar-refractivity contribution in [2.75, 3.05) is 143 Å². The van der Waals surface area contributed by atoms with Gasteiger partial charge in [-0.15, -0.1) is 0 Å². The Hall–Kier alpha value is -10.1. The van der Waals surface area contributed by atoms with Crippen molar-refractivity contribution in [1.82, 2.24) is 31.9 Å². The lowest BCUT2D eigenvalue weighted by Crippen LogP contribution is -2.48. The highest BCUT2D eigenvalue weighted by molar-refractivity contribution is 14.1. The summed E-state index contributed by atoms with van der Waals surface area (Å²) in [4.78, 5) is 200. The van der Waals surface area contributed by atoms with Gasteiger partial charge in [0.15, 0.2) is 23.1 Å². The Morgan fingerprint density at radius 2 is 0.567 bits per heavy atom. The number of carboxylic acid groups (broad SMARTS) is 2. The van der Waals surface area contributed by atoms with Crippen molar-refractivity contribution in [3.05, 3.63) is 125 Å². The van der Waals surface area contributed by atoms with Gasteiger partial charge in [-0.25, -0.2) is 19.2 Å². The summed E-state index contributed by atoms with van der Waals surface area (Å²) in [6.45, 7) is 27.7. The third kappa shape index (κ3) is 56.3. The summed E-state index contributed by atoms with van der Waals surface area (Å²) in [6.07, 6.45) is -0.821. The molecule has 4 atom stereocenters. The Morgan fingerprint density at radius 3 is 0.851 bits per heavy atom. The average molecular weight is 2110 g/mol. The first-order valence-electron chi connectivity index (χ1n) is 44.2. The van der Waals surface area contributed by atoms with Crippen LogP contribution in [-0.2, 0) is 95.2 Å². The van der Waals surface area contributed by atoms with Gasteiger partial charge >= 0.3 is 36.1 Å². The number of carbonyl (C=O) groups excluding carboxylic acids is 14. The first-order valence-corrected chi connectivity index (χ1v) is 46.4. The van der Waals surface area contributed by atoms with Gasteiger partial charge in [0.05, 0.1) is 104 Å². The van der Waals surface area contributed by atoms with E-state index >= 15 is 0 Å². The van der Waals surface area contributed by atoms with Crippen LogP contribution in [0.5, 0.6) is 0 Å². The molecule has 0 aliphatic carbocycles. The number of benzene rings is 4. The van der Waals surface area contributed by atoms with Crippen LogP contribution in [0.3, 0.4) is 0 Å². The number of hydrogen-bond donors (Lipinski definition) is 10. The Balaban J connectivity index is 0.000000695. The molecular formula is C94H134I2N8O30. The van der Waals surface area contributed by atoms with E-state index in [-0.39, 0.29) is 240 Å². The predicted octanol–water partition coefficient (Wildman–Crippen LogP) is 11.0. The van der Waals surface area contributed by atoms with Gasteiger partial charge < -0.3 is 110 Å². The van der Waals surface area contributed by atoms with Crippen molar-refractivity contribution in [3.8, 4) is 0 Å². The van der Waals surface area contributed by atoms with Crippen molar-refractivity contribution >= 4 is 151 Å². The summed E-state index contributed by atoms with van der Waals surface area (Å²) >= 11 is 4.27. The highest BCUT2D eigenvalue weighted by Crippen LogP contribution is 2.25. The second-order valence-corrected chi connectivity index (χ2v) is 37.2. The fraction of sp³-hybridized carbons (Fsp3) is 0.574. The number of alkyl carbamates (subject to hydrolysis) is 2. The topological polar surface area (TPSA) is 521 Å². The number of halogens is 2. The van der Waals surface area contributed by atoms with Gasteiger partial charge in [-0.3, -0.25) is 57.5 Å². The molecular weight excluding hydrogens is 1970 g/mol. The summed E-state index contributed by atoms with van der Waals surface area (Å²) in [6, 6.07) is 20.3. The lowest BCUT2D eigenvalue weighted by molar-refractivity contribution is -0.160. The maximum Gasteiger partial charge on any atom is 0.408 e. The molecule has 4 aromatic carbocycles. The number of Topliss-reactive ketones (excluding diaryl/α,β-unsaturated/α-hetero) is 4. The number of rotatable bonds is 62. The highest BCUT2D eigenvalue weighted by Gasteiger charge is 2.32. The first-order chi connectivity index (χ1) is 63.0. The van der Waals surface area contributed by atoms with Crippen LogP contribution in [-0.4, -0.2) is 271 Å². The molecule has 0 bridgehead atoms. The lowest BCUT2D eigenvalue weighted by Gasteiger charge is -2.26. The van der Waals surface area contributed by atoms with Crippen LogP contribution in [0.1, 0.15) is 236 Å². The molecule has 0 aliphatic heterocycles. The van der Waals surface area contributed by atoms with Gasteiger partial charge in [-0.05, 0) is 239 Å². The van der Waals surface area contributed by atoms with Gasteiger partial charge in [0.2, 0.25) is 23.6 Å². The van der Waals surface area contributed by atoms with Gasteiger partial charge in [-0.1, -0.05) is 13.8 Å². The van der Waals surface area contributed by atoms with E-state index in [0.717, 1.165) is 7.14 Å². The molecule has 0 saturated carbocycles. The summed E-state index contributed by atoms with van der Waals surface area (Å²) in [5.41, 5.74) is -0.675. The maximum absolute atomic E-state index is 13.4. The first kappa shape index (κ1) is 118. The summed E-state index contributed by atoms with van der Waals surface area (Å²) in [5.74, 6) is -8.53. The van der Waals surface area contributed by atoms with E-state index in [1.165, 1.54) is 31.2 Å². The molecule has 0 spiro atoms. The molecule has 8 amide bonds. The van der Waals surface area contributed by atoms with Crippen LogP contribution in [0.4, 0.5) is 21.0 Å². The SMILES string of the molecule is C[C@@H](CC(=O)NCCOCCOCCCC(=O)c1cc(NC(=O)c2ccc(I)cc2)cc(C(=O)CCCOCCOCCNC(=O)CC(NC(=O)OC(C)(C)C)C(=O)O)c1)C(=O)O.C[C@@H](CC(=O)NCCOCCOCCCC(=O)c1cc(NC(=O)c2ccc(I)cc2)cc(C(=O)CCCOCCOCCNC(=O)CC(NC(=O)OC(C)(C)C)C(=O)OC(C)(C)C)c1)C(=O)OC(C)(C)C. The Kier molecular flexibility index (Phi) is 55.8. The Bertz CT molecular complexity index is 4450. The van der Waals surface area contributed by atoms with Gasteiger partial charge in [0, 0.05) is 143 Å². The van der Waals surface area contributed by atoms with Crippen molar-refractivity contribution in [2.45, 2.75) is 208 Å². The average Bonchev–Trinajstić information content (AvgIpc) is 0.829. The fourth-order valence-corrected chi connectivity index (χ4v) is 12.1. The summed E-state index contributed by atoms with van der Waals surface area (Å²) in [5, 5.41) is 38.9. The van der Waals surface area contributed by atoms with Crippen LogP contribution in [0.2, 0.25) is 0 Å². The normalized spacial score (nSPS) is 12.3. The van der Waals surface area contributed by atoms with Crippen LogP contribution in [0.15, 0.2) is 84.9 Å². The number of aliphatic carboxylic acids is 2. The molecule has 134 heavy (non-hydrogen) atoms. The van der Waals surface area contributed by atoms with E-state index in [9.17, 15) is 81.8 Å². The van der Waals surface area contributed by atoms with Crippen LogP contribution < -0.4 is 42.5 Å². The zero-order valence-electron chi connectivity index (χ0n) is 79.1. The third-order valence-corrected chi connectivity index (χ3v) is 19.2. The number of esters is 2. The minimum atomic E-state index is -1.47. The number of amides is 8. The number of ketones is 4. The molecule has 0 heterocycles. The number of nitrogens with one attached hydrogen (secondary N) is 8. The molecule has 4 aromatic rings. The van der Waals surface area contributed by atoms with E-state index in [1.807, 2.05) is 0 Å². The standard InChI is InChI=1S/C51H75IN4O15.C43H59IN4O15/c1-34(46(62)69-49(2,3)4)29-43(59)53-19-23-67-27-25-65-21-11-13-41(57)36-30-37(32-39(31-36)55-45(61)35-15-17-38(52)18-16-35)42(58)14-12-22-66-26-28-68-24-20-54-44(60)33-40(47(63)70-50(5,6)7)56-48(64)71-51(8,9)10;1-28(40(54)55)23-37(51)45-13-17-61-21-19-59-15-5-7-35(49)30-24-31(26-33(25-30)47-39(53)29-9-11-32(44)12-10-29)36(50)8-6-16-60-20-22-62-18-14-46-38(52)27-34(41(56)57)48-42(58)63-43(2,3)4/h15-18,30-32,34,40H,11-14,19-29,33H2,1-10H3,(H,53,59)(H,54,60)(H,55,61)(H,56,64);9-12,24-26,28,34H,5-8,13-23,27H2,1-4H3,(H,45,51)(H,46,52)(H,47,53)(H,48,58)(H,54,55)(H,56,57)/t34-,40?;28-,34?/m00/s1. The molecule has 10 N–H and O–H groups in total. The van der Waals surface area contributed by atoms with Gasteiger partial charge in [0.1, 0.15) is 34.5 Å². The van der Waals surface area contributed by atoms with E-state index < -0.39 is 112 Å². The number of hydrogen-bond acceptors (Lipinski definition) is 28. The van der Waals surface area contributed by atoms with Crippen LogP contribution in [0.25, 0.3) is 0 Å². The Morgan fingerprint density at radius 1 is 0.306 bits per heavy atom. The zero-order valence-corrected chi connectivity index (χ0v) is 83.4. The Labute approximate surface area is 810 Å². The quantitative estimate of drug-likeness (QED) is 0.00645. The smallest absolute Gasteiger partial charge is 0.408 e. The van der Waals surface area contributed by atoms with Crippen molar-refractivity contribution < 1.29 is 144 Å². The molecule has 40 heteroatoms. The lowest BCUT2D eigenvalue weighted by atomic mass is 9.99. The van der Waals surface area contributed by atoms with Gasteiger partial charge in [-0.2, -0.15) is 0 Å². The molecule has 38 nitrogen and oxygen atoms in total. The molecule has 0 radical (unpaired) electrons. The minimum absolute atomic E-state index is 0.00855. The van der Waals surface area contributed by atoms with Crippen LogP contribution >= 0.6 is 45.2 Å². The second kappa shape index (κ2) is 63.3. The van der Waals surface area contributed by atoms with Crippen LogP contribution in [0, 0.1) is 19.0 Å². The van der Waals surface area contributed by atoms with Crippen molar-refractivity contribution in [2.24, 2.45) is 11.8 Å². The molecule has 2 unspecified atom stereocenters. The predicted molar refractivity (Wildman–Crippen MR) is 510 cm³/mol. The third-order valence-electron chi connectivity index (χ3n) is 17.8. The summed E-state index contributed by atoms with van der Waals surface area (Å²) in [7, 11) is 0. The molecule has 0 saturated heterocycles. The van der Waals surface area contributed by atoms with E-state index in [0.29, 0.717) is 42.5 Å². The number of carboxylic acids is 2. The molecule has 4 rings (SSSR count). The maximum atomic E-state index is 13.4. The largest absolute Gasteiger partial charge is 0.481 e. The van der Waals surface area contributed by atoms with E-state index in [2.05, 4.69) is 87.7 Å². The van der Waals surface area contributed by atoms with E-state index in [4.69, 9.17) is 61.9 Å². The van der Waals surface area contributed by atoms with Crippen molar-refractivity contribution in [1.29, 1.82) is 0 Å². The molecule has 0 fully saturated rings. The number of ether oxygens (including phenoxy) is 12. The monoisotopic (exact) mass is 2110 g/mol. The summed E-state index contributed by atoms with van der Waals surface area (Å²) < 4.78 is 67.2. The number of carbonyl (C=O) groups is 16. The van der Waals surface area contributed by atoms with E-state index in [1.54, 1.807) is 151 Å². The van der Waals surface area contributed by atoms with Gasteiger partial charge in [0.25, 0.3) is 11.8 Å². The minimum Gasteiger partial charge on any atom is -0.481 e. The van der Waals surface area contributed by atoms with Crippen molar-refractivity contribution in [3.63, 3.8) is 0 Å². The fourth-order valence-electron chi connectivity index (χ4n) is 11.4. The molecule has 0 aliphatic rings. The zero-order chi connectivity index (χ0) is 100.0.